The minimum atomic E-state index is -4.26. The van der Waals surface area contributed by atoms with Crippen LogP contribution < -0.4 is 10.6 Å². The molecule has 0 rings (SSSR count). The lowest BCUT2D eigenvalue weighted by Gasteiger charge is -2.09. The number of alkyl halides is 3. The highest BCUT2D eigenvalue weighted by Crippen LogP contribution is 2.20. The second-order valence-electron chi connectivity index (χ2n) is 3.57. The maximum atomic E-state index is 11.7. The fraction of sp³-hybridized carbons (Fsp3) is 0.889. The van der Waals surface area contributed by atoms with Gasteiger partial charge in [0.15, 0.2) is 0 Å². The van der Waals surface area contributed by atoms with Gasteiger partial charge in [-0.25, -0.2) is 0 Å². The lowest BCUT2D eigenvalue weighted by atomic mass is 10.3. The largest absolute Gasteiger partial charge is 0.389 e. The summed E-state index contributed by atoms with van der Waals surface area (Å²) in [5, 5.41) is 5.45. The van der Waals surface area contributed by atoms with E-state index in [1.54, 1.807) is 0 Å². The zero-order valence-corrected chi connectivity index (χ0v) is 8.95. The number of amides is 1. The molecule has 90 valence electrons. The minimum absolute atomic E-state index is 0.303. The molecule has 2 N–H and O–H groups in total. The predicted octanol–water partition coefficient (Wildman–Crippen LogP) is 1.44. The number of nitrogens with one attached hydrogen (secondary N) is 2. The molecule has 0 aliphatic carbocycles. The highest BCUT2D eigenvalue weighted by molar-refractivity contribution is 5.75. The molecule has 0 aromatic heterocycles. The lowest BCUT2D eigenvalue weighted by Crippen LogP contribution is -2.34. The Morgan fingerprint density at radius 3 is 2.33 bits per heavy atom. The number of carbonyl (C=O) groups excluding carboxylic acids is 1. The molecule has 0 spiro atoms. The van der Waals surface area contributed by atoms with Gasteiger partial charge in [0.1, 0.15) is 0 Å². The van der Waals surface area contributed by atoms with Crippen LogP contribution in [0.3, 0.4) is 0 Å². The first-order valence-electron chi connectivity index (χ1n) is 4.88. The summed E-state index contributed by atoms with van der Waals surface area (Å²) < 4.78 is 35.2. The summed E-state index contributed by atoms with van der Waals surface area (Å²) in [7, 11) is 0. The van der Waals surface area contributed by atoms with Crippen molar-refractivity contribution in [1.29, 1.82) is 0 Å². The van der Waals surface area contributed by atoms with Crippen LogP contribution in [0.2, 0.25) is 0 Å². The van der Waals surface area contributed by atoms with Gasteiger partial charge in [0.2, 0.25) is 5.91 Å². The molecule has 1 amide bonds. The molecule has 0 fully saturated rings. The van der Waals surface area contributed by atoms with E-state index in [2.05, 4.69) is 10.6 Å². The molecule has 0 atom stereocenters. The topological polar surface area (TPSA) is 41.1 Å². The van der Waals surface area contributed by atoms with Crippen LogP contribution in [0.1, 0.15) is 26.7 Å². The average molecular weight is 226 g/mol. The fourth-order valence-electron chi connectivity index (χ4n) is 0.906. The highest BCUT2D eigenvalue weighted by Gasteiger charge is 2.27. The van der Waals surface area contributed by atoms with Gasteiger partial charge in [-0.1, -0.05) is 13.8 Å². The molecule has 0 aliphatic heterocycles. The van der Waals surface area contributed by atoms with Gasteiger partial charge >= 0.3 is 6.18 Å². The van der Waals surface area contributed by atoms with Crippen molar-refractivity contribution in [2.24, 2.45) is 0 Å². The zero-order valence-electron chi connectivity index (χ0n) is 8.95. The van der Waals surface area contributed by atoms with Crippen molar-refractivity contribution in [3.63, 3.8) is 0 Å². The van der Waals surface area contributed by atoms with Crippen LogP contribution in [0.15, 0.2) is 0 Å². The first-order chi connectivity index (χ1) is 6.81. The van der Waals surface area contributed by atoms with Crippen LogP contribution in [0, 0.1) is 0 Å². The molecule has 0 unspecified atom stereocenters. The maximum absolute atomic E-state index is 11.7. The van der Waals surface area contributed by atoms with Gasteiger partial charge in [0, 0.05) is 25.6 Å². The molecular formula is C9H17F3N2O. The Kier molecular flexibility index (Phi) is 6.31. The minimum Gasteiger partial charge on any atom is -0.355 e. The van der Waals surface area contributed by atoms with Crippen LogP contribution in [0.25, 0.3) is 0 Å². The summed E-state index contributed by atoms with van der Waals surface area (Å²) >= 11 is 0. The van der Waals surface area contributed by atoms with E-state index >= 15 is 0 Å². The zero-order chi connectivity index (χ0) is 11.9. The van der Waals surface area contributed by atoms with E-state index < -0.39 is 24.9 Å². The molecule has 0 radical (unpaired) electrons. The summed E-state index contributed by atoms with van der Waals surface area (Å²) in [6.07, 6.45) is -5.81. The van der Waals surface area contributed by atoms with Crippen LogP contribution in [0.5, 0.6) is 0 Å². The molecule has 0 aliphatic rings. The van der Waals surface area contributed by atoms with Crippen molar-refractivity contribution in [1.82, 2.24) is 10.6 Å². The van der Waals surface area contributed by atoms with E-state index in [0.717, 1.165) is 0 Å². The number of hydrogen-bond donors (Lipinski definition) is 2. The third-order valence-electron chi connectivity index (χ3n) is 1.64. The smallest absolute Gasteiger partial charge is 0.355 e. The Balaban J connectivity index is 3.42. The third kappa shape index (κ3) is 11.1. The van der Waals surface area contributed by atoms with E-state index in [1.807, 2.05) is 13.8 Å². The Hall–Kier alpha value is -0.780. The van der Waals surface area contributed by atoms with Gasteiger partial charge in [0.25, 0.3) is 0 Å². The first kappa shape index (κ1) is 14.2. The number of halogens is 3. The Bertz CT molecular complexity index is 192. The second-order valence-corrected chi connectivity index (χ2v) is 3.57. The molecule has 0 saturated heterocycles. The van der Waals surface area contributed by atoms with Crippen molar-refractivity contribution >= 4 is 5.91 Å². The summed E-state index contributed by atoms with van der Waals surface area (Å²) in [5.74, 6) is -0.558. The normalized spacial score (nSPS) is 11.9. The summed E-state index contributed by atoms with van der Waals surface area (Å²) in [4.78, 5) is 10.9. The molecule has 0 saturated carbocycles. The number of rotatable bonds is 6. The van der Waals surface area contributed by atoms with E-state index in [4.69, 9.17) is 0 Å². The van der Waals surface area contributed by atoms with E-state index in [0.29, 0.717) is 19.1 Å². The second kappa shape index (κ2) is 6.66. The molecule has 6 heteroatoms. The van der Waals surface area contributed by atoms with Crippen molar-refractivity contribution < 1.29 is 18.0 Å². The SMILES string of the molecule is CC(C)NCCNC(=O)CCC(F)(F)F. The van der Waals surface area contributed by atoms with Gasteiger partial charge in [0.05, 0.1) is 6.42 Å². The summed E-state index contributed by atoms with van der Waals surface area (Å²) in [6, 6.07) is 0.303. The molecule has 15 heavy (non-hydrogen) atoms. The number of hydrogen-bond acceptors (Lipinski definition) is 2. The highest BCUT2D eigenvalue weighted by atomic mass is 19.4. The van der Waals surface area contributed by atoms with E-state index in [1.165, 1.54) is 0 Å². The lowest BCUT2D eigenvalue weighted by molar-refractivity contribution is -0.144. The quantitative estimate of drug-likeness (QED) is 0.673. The van der Waals surface area contributed by atoms with Crippen LogP contribution in [0.4, 0.5) is 13.2 Å². The van der Waals surface area contributed by atoms with Gasteiger partial charge < -0.3 is 10.6 Å². The molecule has 0 aromatic rings. The Labute approximate surface area is 87.4 Å². The van der Waals surface area contributed by atoms with Crippen molar-refractivity contribution in [2.75, 3.05) is 13.1 Å². The summed E-state index contributed by atoms with van der Waals surface area (Å²) in [6.45, 7) is 4.82. The third-order valence-corrected chi connectivity index (χ3v) is 1.64. The molecule has 0 bridgehead atoms. The van der Waals surface area contributed by atoms with Gasteiger partial charge in [-0.15, -0.1) is 0 Å². The predicted molar refractivity (Wildman–Crippen MR) is 51.4 cm³/mol. The van der Waals surface area contributed by atoms with E-state index in [-0.39, 0.29) is 0 Å². The van der Waals surface area contributed by atoms with Crippen LogP contribution in [-0.2, 0) is 4.79 Å². The van der Waals surface area contributed by atoms with Gasteiger partial charge in [-0.05, 0) is 0 Å². The van der Waals surface area contributed by atoms with Crippen LogP contribution in [-0.4, -0.2) is 31.2 Å². The Morgan fingerprint density at radius 2 is 1.87 bits per heavy atom. The van der Waals surface area contributed by atoms with E-state index in [9.17, 15) is 18.0 Å². The molecule has 3 nitrogen and oxygen atoms in total. The van der Waals surface area contributed by atoms with Gasteiger partial charge in [-0.2, -0.15) is 13.2 Å². The van der Waals surface area contributed by atoms with Crippen molar-refractivity contribution in [3.05, 3.63) is 0 Å². The molecular weight excluding hydrogens is 209 g/mol. The fourth-order valence-corrected chi connectivity index (χ4v) is 0.906. The van der Waals surface area contributed by atoms with Crippen molar-refractivity contribution in [3.8, 4) is 0 Å². The van der Waals surface area contributed by atoms with Gasteiger partial charge in [-0.3, -0.25) is 4.79 Å². The number of carbonyl (C=O) groups is 1. The monoisotopic (exact) mass is 226 g/mol. The summed E-state index contributed by atoms with van der Waals surface area (Å²) in [5.41, 5.74) is 0. The maximum Gasteiger partial charge on any atom is 0.389 e. The molecule has 0 heterocycles. The standard InChI is InChI=1S/C9H17F3N2O/c1-7(2)13-5-6-14-8(15)3-4-9(10,11)12/h7,13H,3-6H2,1-2H3,(H,14,15). The molecule has 0 aromatic carbocycles. The van der Waals surface area contributed by atoms with Crippen molar-refractivity contribution in [2.45, 2.75) is 38.9 Å². The Morgan fingerprint density at radius 1 is 1.27 bits per heavy atom. The average Bonchev–Trinajstić information content (AvgIpc) is 2.07. The first-order valence-corrected chi connectivity index (χ1v) is 4.88. The van der Waals surface area contributed by atoms with Crippen LogP contribution >= 0.6 is 0 Å².